The van der Waals surface area contributed by atoms with Crippen LogP contribution in [0.4, 0.5) is 15.8 Å². The van der Waals surface area contributed by atoms with Gasteiger partial charge in [-0.05, 0) is 61.5 Å². The van der Waals surface area contributed by atoms with Crippen LogP contribution >= 0.6 is 0 Å². The van der Waals surface area contributed by atoms with Crippen molar-refractivity contribution in [2.75, 3.05) is 23.4 Å². The molecule has 36 heavy (non-hydrogen) atoms. The van der Waals surface area contributed by atoms with Gasteiger partial charge < -0.3 is 14.8 Å². The van der Waals surface area contributed by atoms with Gasteiger partial charge in [0.25, 0.3) is 17.7 Å². The summed E-state index contributed by atoms with van der Waals surface area (Å²) in [5, 5.41) is 2.49. The molecule has 0 spiro atoms. The summed E-state index contributed by atoms with van der Waals surface area (Å²) < 4.78 is 23.2. The van der Waals surface area contributed by atoms with E-state index < -0.39 is 42.1 Å². The molecule has 182 valence electrons. The van der Waals surface area contributed by atoms with Crippen molar-refractivity contribution >= 4 is 41.0 Å². The van der Waals surface area contributed by atoms with Crippen LogP contribution < -0.4 is 10.2 Å². The van der Waals surface area contributed by atoms with Gasteiger partial charge in [-0.1, -0.05) is 12.1 Å². The molecular formula is C26H19FN2O7. The van der Waals surface area contributed by atoms with Crippen molar-refractivity contribution in [2.45, 2.75) is 6.92 Å². The minimum Gasteiger partial charge on any atom is -0.462 e. The highest BCUT2D eigenvalue weighted by Crippen LogP contribution is 2.29. The molecule has 10 heteroatoms. The lowest BCUT2D eigenvalue weighted by Crippen LogP contribution is -2.29. The Balaban J connectivity index is 1.43. The molecular weight excluding hydrogens is 471 g/mol. The highest BCUT2D eigenvalue weighted by Gasteiger charge is 2.37. The summed E-state index contributed by atoms with van der Waals surface area (Å²) in [6, 6.07) is 14.9. The fraction of sp³-hybridized carbons (Fsp3) is 0.115. The van der Waals surface area contributed by atoms with E-state index in [9.17, 15) is 28.4 Å². The molecule has 0 aliphatic carbocycles. The summed E-state index contributed by atoms with van der Waals surface area (Å²) in [4.78, 5) is 63.3. The molecule has 1 N–H and O–H groups in total. The number of hydrogen-bond donors (Lipinski definition) is 1. The zero-order valence-electron chi connectivity index (χ0n) is 18.9. The Morgan fingerprint density at radius 2 is 1.56 bits per heavy atom. The second kappa shape index (κ2) is 10.2. The number of fused-ring (bicyclic) bond motifs is 1. The lowest BCUT2D eigenvalue weighted by molar-refractivity contribution is -0.119. The van der Waals surface area contributed by atoms with Crippen molar-refractivity contribution in [3.05, 3.63) is 94.8 Å². The summed E-state index contributed by atoms with van der Waals surface area (Å²) in [6.45, 7) is 1.15. The van der Waals surface area contributed by atoms with Crippen LogP contribution in [0.3, 0.4) is 0 Å². The first kappa shape index (κ1) is 24.3. The Morgan fingerprint density at radius 3 is 2.28 bits per heavy atom. The van der Waals surface area contributed by atoms with Gasteiger partial charge in [-0.25, -0.2) is 18.9 Å². The quantitative estimate of drug-likeness (QED) is 0.397. The second-order valence-corrected chi connectivity index (χ2v) is 7.57. The van der Waals surface area contributed by atoms with Crippen LogP contribution in [0.5, 0.6) is 0 Å². The number of carbonyl (C=O) groups is 5. The Hall–Kier alpha value is -4.86. The number of esters is 2. The molecule has 0 saturated carbocycles. The van der Waals surface area contributed by atoms with Crippen molar-refractivity contribution in [1.29, 1.82) is 0 Å². The Kier molecular flexibility index (Phi) is 6.86. The number of nitrogens with zero attached hydrogens (tertiary/aromatic N) is 1. The second-order valence-electron chi connectivity index (χ2n) is 7.57. The Bertz CT molecular complexity index is 1390. The Morgan fingerprint density at radius 1 is 0.861 bits per heavy atom. The largest absolute Gasteiger partial charge is 0.462 e. The molecule has 1 heterocycles. The normalized spacial score (nSPS) is 12.2. The van der Waals surface area contributed by atoms with Gasteiger partial charge in [-0.2, -0.15) is 0 Å². The molecule has 1 aliphatic rings. The summed E-state index contributed by atoms with van der Waals surface area (Å²) in [6.07, 6.45) is 0. The van der Waals surface area contributed by atoms with Crippen LogP contribution in [0.2, 0.25) is 0 Å². The third-order valence-electron chi connectivity index (χ3n) is 5.24. The van der Waals surface area contributed by atoms with E-state index in [2.05, 4.69) is 5.32 Å². The fourth-order valence-corrected chi connectivity index (χ4v) is 3.57. The Labute approximate surface area is 204 Å². The molecule has 9 nitrogen and oxygen atoms in total. The van der Waals surface area contributed by atoms with E-state index in [0.29, 0.717) is 0 Å². The van der Waals surface area contributed by atoms with Gasteiger partial charge >= 0.3 is 11.9 Å². The number of rotatable bonds is 7. The highest BCUT2D eigenvalue weighted by atomic mass is 19.1. The van der Waals surface area contributed by atoms with Crippen molar-refractivity contribution in [1.82, 2.24) is 0 Å². The van der Waals surface area contributed by atoms with Crippen molar-refractivity contribution in [2.24, 2.45) is 0 Å². The first-order chi connectivity index (χ1) is 17.3. The average Bonchev–Trinajstić information content (AvgIpc) is 3.12. The lowest BCUT2D eigenvalue weighted by Gasteiger charge is -2.13. The van der Waals surface area contributed by atoms with Gasteiger partial charge in [0.05, 0.1) is 40.2 Å². The molecule has 4 rings (SSSR count). The first-order valence-electron chi connectivity index (χ1n) is 10.8. The fourth-order valence-electron chi connectivity index (χ4n) is 3.57. The van der Waals surface area contributed by atoms with Crippen LogP contribution in [-0.4, -0.2) is 42.9 Å². The van der Waals surface area contributed by atoms with Crippen LogP contribution in [0.15, 0.2) is 66.7 Å². The minimum absolute atomic E-state index is 0.0217. The van der Waals surface area contributed by atoms with E-state index in [1.54, 1.807) is 19.1 Å². The topological polar surface area (TPSA) is 119 Å². The average molecular weight is 490 g/mol. The summed E-state index contributed by atoms with van der Waals surface area (Å²) in [7, 11) is 0. The minimum atomic E-state index is -0.896. The third kappa shape index (κ3) is 4.83. The van der Waals surface area contributed by atoms with Crippen molar-refractivity contribution in [3.8, 4) is 0 Å². The number of anilines is 2. The van der Waals surface area contributed by atoms with Crippen molar-refractivity contribution < 1.29 is 37.8 Å². The number of amides is 3. The van der Waals surface area contributed by atoms with Crippen LogP contribution in [0.1, 0.15) is 48.4 Å². The number of nitrogens with one attached hydrogen (secondary N) is 1. The molecule has 0 atom stereocenters. The standard InChI is InChI=1S/C26H19FN2O7/c1-2-35-26(34)19-5-3-4-6-21(19)28-22(30)14-36-25(33)15-7-12-18-20(13-15)24(32)29(23(18)31)17-10-8-16(27)9-11-17/h3-13H,2,14H2,1H3,(H,28,30). The zero-order chi connectivity index (χ0) is 25.8. The van der Waals surface area contributed by atoms with E-state index in [1.165, 1.54) is 42.5 Å². The number of imide groups is 1. The number of carbonyl (C=O) groups excluding carboxylic acids is 5. The van der Waals surface area contributed by atoms with Crippen molar-refractivity contribution in [3.63, 3.8) is 0 Å². The predicted octanol–water partition coefficient (Wildman–Crippen LogP) is 3.60. The number of hydrogen-bond acceptors (Lipinski definition) is 7. The molecule has 0 radical (unpaired) electrons. The summed E-state index contributed by atoms with van der Waals surface area (Å²) in [5.74, 6) is -4.01. The third-order valence-corrected chi connectivity index (χ3v) is 5.24. The summed E-state index contributed by atoms with van der Waals surface area (Å²) in [5.41, 5.74) is 0.536. The maximum absolute atomic E-state index is 13.2. The zero-order valence-corrected chi connectivity index (χ0v) is 18.9. The van der Waals surface area contributed by atoms with E-state index in [-0.39, 0.29) is 40.2 Å². The number of halogens is 1. The van der Waals surface area contributed by atoms with Gasteiger partial charge in [0.1, 0.15) is 5.82 Å². The SMILES string of the molecule is CCOC(=O)c1ccccc1NC(=O)COC(=O)c1ccc2c(c1)C(=O)N(c1ccc(F)cc1)C2=O. The van der Waals surface area contributed by atoms with Crippen LogP contribution in [0, 0.1) is 5.82 Å². The smallest absolute Gasteiger partial charge is 0.340 e. The maximum atomic E-state index is 13.2. The molecule has 0 unspecified atom stereocenters. The monoisotopic (exact) mass is 490 g/mol. The molecule has 3 amide bonds. The van der Waals surface area contributed by atoms with E-state index in [0.717, 1.165) is 17.0 Å². The summed E-state index contributed by atoms with van der Waals surface area (Å²) >= 11 is 0. The van der Waals surface area contributed by atoms with E-state index in [4.69, 9.17) is 9.47 Å². The number of ether oxygens (including phenoxy) is 2. The molecule has 0 bridgehead atoms. The maximum Gasteiger partial charge on any atom is 0.340 e. The number of para-hydroxylation sites is 1. The molecule has 0 saturated heterocycles. The van der Waals surface area contributed by atoms with Gasteiger partial charge in [0.2, 0.25) is 0 Å². The molecule has 3 aromatic rings. The van der Waals surface area contributed by atoms with Crippen LogP contribution in [0.25, 0.3) is 0 Å². The van der Waals surface area contributed by atoms with E-state index in [1.807, 2.05) is 0 Å². The molecule has 3 aromatic carbocycles. The van der Waals surface area contributed by atoms with Gasteiger partial charge in [0, 0.05) is 0 Å². The first-order valence-corrected chi connectivity index (χ1v) is 10.8. The molecule has 1 aliphatic heterocycles. The predicted molar refractivity (Wildman–Crippen MR) is 125 cm³/mol. The van der Waals surface area contributed by atoms with E-state index >= 15 is 0 Å². The van der Waals surface area contributed by atoms with Gasteiger partial charge in [0.15, 0.2) is 6.61 Å². The lowest BCUT2D eigenvalue weighted by atomic mass is 10.1. The van der Waals surface area contributed by atoms with Gasteiger partial charge in [-0.3, -0.25) is 14.4 Å². The van der Waals surface area contributed by atoms with Crippen LogP contribution in [-0.2, 0) is 14.3 Å². The van der Waals surface area contributed by atoms with Gasteiger partial charge in [-0.15, -0.1) is 0 Å². The number of benzene rings is 3. The molecule has 0 fully saturated rings. The highest BCUT2D eigenvalue weighted by molar-refractivity contribution is 6.34. The molecule has 0 aromatic heterocycles.